The van der Waals surface area contributed by atoms with Crippen LogP contribution in [0, 0.1) is 11.8 Å². The zero-order valence-corrected chi connectivity index (χ0v) is 12.5. The molecular weight excluding hydrogens is 242 g/mol. The Balaban J connectivity index is 2.33. The summed E-state index contributed by atoms with van der Waals surface area (Å²) in [7, 11) is 1.70. The lowest BCUT2D eigenvalue weighted by Gasteiger charge is -2.29. The van der Waals surface area contributed by atoms with Gasteiger partial charge in [0.15, 0.2) is 0 Å². The van der Waals surface area contributed by atoms with Crippen molar-refractivity contribution < 1.29 is 9.59 Å². The summed E-state index contributed by atoms with van der Waals surface area (Å²) < 4.78 is 0. The van der Waals surface area contributed by atoms with E-state index in [0.29, 0.717) is 18.5 Å². The van der Waals surface area contributed by atoms with Gasteiger partial charge in [-0.25, -0.2) is 0 Å². The van der Waals surface area contributed by atoms with E-state index in [2.05, 4.69) is 17.6 Å². The van der Waals surface area contributed by atoms with Gasteiger partial charge in [-0.15, -0.1) is 0 Å². The molecule has 0 aromatic rings. The van der Waals surface area contributed by atoms with Gasteiger partial charge in [0, 0.05) is 26.2 Å². The van der Waals surface area contributed by atoms with Gasteiger partial charge in [-0.05, 0) is 25.7 Å². The van der Waals surface area contributed by atoms with Crippen molar-refractivity contribution in [3.63, 3.8) is 0 Å². The molecule has 0 radical (unpaired) electrons. The van der Waals surface area contributed by atoms with E-state index in [9.17, 15) is 9.59 Å². The molecule has 5 heteroatoms. The van der Waals surface area contributed by atoms with Crippen molar-refractivity contribution in [3.05, 3.63) is 0 Å². The SMILES string of the molecule is CC(C)CNC(=O)CN(C)C(=O)C1CCC(C)NC1. The van der Waals surface area contributed by atoms with Crippen LogP contribution in [0.2, 0.25) is 0 Å². The van der Waals surface area contributed by atoms with Crippen LogP contribution in [-0.4, -0.2) is 49.4 Å². The monoisotopic (exact) mass is 269 g/mol. The van der Waals surface area contributed by atoms with E-state index in [4.69, 9.17) is 0 Å². The van der Waals surface area contributed by atoms with Crippen molar-refractivity contribution in [1.82, 2.24) is 15.5 Å². The average Bonchev–Trinajstić information content (AvgIpc) is 2.36. The van der Waals surface area contributed by atoms with Crippen molar-refractivity contribution in [2.75, 3.05) is 26.7 Å². The first-order valence-corrected chi connectivity index (χ1v) is 7.15. The maximum absolute atomic E-state index is 12.2. The summed E-state index contributed by atoms with van der Waals surface area (Å²) in [4.78, 5) is 25.4. The number of carbonyl (C=O) groups is 2. The second-order valence-electron chi connectivity index (χ2n) is 5.98. The Morgan fingerprint density at radius 1 is 1.37 bits per heavy atom. The molecule has 2 N–H and O–H groups in total. The highest BCUT2D eigenvalue weighted by Crippen LogP contribution is 2.16. The molecule has 5 nitrogen and oxygen atoms in total. The molecule has 1 heterocycles. The smallest absolute Gasteiger partial charge is 0.239 e. The molecule has 19 heavy (non-hydrogen) atoms. The fourth-order valence-electron chi connectivity index (χ4n) is 2.19. The summed E-state index contributed by atoms with van der Waals surface area (Å²) in [6.07, 6.45) is 1.93. The Hall–Kier alpha value is -1.10. The second kappa shape index (κ2) is 7.48. The van der Waals surface area contributed by atoms with Gasteiger partial charge in [0.05, 0.1) is 12.5 Å². The van der Waals surface area contributed by atoms with Crippen LogP contribution in [0.1, 0.15) is 33.6 Å². The number of hydrogen-bond acceptors (Lipinski definition) is 3. The number of likely N-dealkylation sites (N-methyl/N-ethyl adjacent to an activating group) is 1. The predicted octanol–water partition coefficient (Wildman–Crippen LogP) is 0.605. The Morgan fingerprint density at radius 2 is 2.05 bits per heavy atom. The molecule has 1 aliphatic heterocycles. The topological polar surface area (TPSA) is 61.4 Å². The van der Waals surface area contributed by atoms with E-state index in [1.165, 1.54) is 4.90 Å². The van der Waals surface area contributed by atoms with Crippen LogP contribution in [0.5, 0.6) is 0 Å². The summed E-state index contributed by atoms with van der Waals surface area (Å²) >= 11 is 0. The molecule has 2 amide bonds. The normalized spacial score (nSPS) is 23.2. The zero-order valence-electron chi connectivity index (χ0n) is 12.5. The summed E-state index contributed by atoms with van der Waals surface area (Å²) in [5.74, 6) is 0.425. The van der Waals surface area contributed by atoms with E-state index in [1.807, 2.05) is 13.8 Å². The average molecular weight is 269 g/mol. The Labute approximate surface area is 116 Å². The molecule has 2 atom stereocenters. The Kier molecular flexibility index (Phi) is 6.28. The maximum atomic E-state index is 12.2. The van der Waals surface area contributed by atoms with E-state index in [0.717, 1.165) is 19.4 Å². The zero-order chi connectivity index (χ0) is 14.4. The molecule has 1 saturated heterocycles. The first-order chi connectivity index (χ1) is 8.90. The third-order valence-electron chi connectivity index (χ3n) is 3.47. The molecule has 0 saturated carbocycles. The van der Waals surface area contributed by atoms with Gasteiger partial charge in [0.1, 0.15) is 0 Å². The van der Waals surface area contributed by atoms with Crippen LogP contribution >= 0.6 is 0 Å². The van der Waals surface area contributed by atoms with Gasteiger partial charge in [0.25, 0.3) is 0 Å². The maximum Gasteiger partial charge on any atom is 0.239 e. The number of carbonyl (C=O) groups excluding carboxylic acids is 2. The molecule has 1 fully saturated rings. The minimum Gasteiger partial charge on any atom is -0.354 e. The van der Waals surface area contributed by atoms with Gasteiger partial charge >= 0.3 is 0 Å². The minimum atomic E-state index is -0.0818. The van der Waals surface area contributed by atoms with Gasteiger partial charge in [0.2, 0.25) is 11.8 Å². The first kappa shape index (κ1) is 16.0. The molecule has 1 aliphatic rings. The van der Waals surface area contributed by atoms with E-state index >= 15 is 0 Å². The number of amides is 2. The summed E-state index contributed by atoms with van der Waals surface area (Å²) in [6, 6.07) is 0.490. The Morgan fingerprint density at radius 3 is 2.58 bits per heavy atom. The number of nitrogens with one attached hydrogen (secondary N) is 2. The molecule has 0 aromatic carbocycles. The molecule has 2 unspecified atom stereocenters. The van der Waals surface area contributed by atoms with Crippen LogP contribution in [0.3, 0.4) is 0 Å². The molecule has 0 aromatic heterocycles. The Bertz CT molecular complexity index is 310. The van der Waals surface area contributed by atoms with Crippen molar-refractivity contribution in [2.45, 2.75) is 39.7 Å². The van der Waals surface area contributed by atoms with Crippen molar-refractivity contribution in [3.8, 4) is 0 Å². The molecule has 0 bridgehead atoms. The highest BCUT2D eigenvalue weighted by molar-refractivity contribution is 5.85. The third kappa shape index (κ3) is 5.59. The van der Waals surface area contributed by atoms with Gasteiger partial charge in [-0.3, -0.25) is 9.59 Å². The van der Waals surface area contributed by atoms with Crippen molar-refractivity contribution >= 4 is 11.8 Å². The van der Waals surface area contributed by atoms with Crippen LogP contribution < -0.4 is 10.6 Å². The number of nitrogens with zero attached hydrogens (tertiary/aromatic N) is 1. The highest BCUT2D eigenvalue weighted by Gasteiger charge is 2.26. The quantitative estimate of drug-likeness (QED) is 0.768. The number of rotatable bonds is 5. The van der Waals surface area contributed by atoms with E-state index in [1.54, 1.807) is 7.05 Å². The number of hydrogen-bond donors (Lipinski definition) is 2. The standard InChI is InChI=1S/C14H27N3O2/c1-10(2)7-16-13(18)9-17(4)14(19)12-6-5-11(3)15-8-12/h10-12,15H,5-9H2,1-4H3,(H,16,18). The highest BCUT2D eigenvalue weighted by atomic mass is 16.2. The summed E-state index contributed by atoms with van der Waals surface area (Å²) in [6.45, 7) is 7.75. The number of piperidine rings is 1. The molecule has 0 aliphatic carbocycles. The minimum absolute atomic E-state index is 0.0131. The van der Waals surface area contributed by atoms with E-state index < -0.39 is 0 Å². The lowest BCUT2D eigenvalue weighted by atomic mass is 9.94. The summed E-state index contributed by atoms with van der Waals surface area (Å²) in [5.41, 5.74) is 0. The first-order valence-electron chi connectivity index (χ1n) is 7.15. The lowest BCUT2D eigenvalue weighted by molar-refractivity contribution is -0.138. The molecule has 110 valence electrons. The largest absolute Gasteiger partial charge is 0.354 e. The molecule has 0 spiro atoms. The van der Waals surface area contributed by atoms with Gasteiger partial charge in [-0.2, -0.15) is 0 Å². The molecular formula is C14H27N3O2. The van der Waals surface area contributed by atoms with Crippen molar-refractivity contribution in [2.24, 2.45) is 11.8 Å². The fraction of sp³-hybridized carbons (Fsp3) is 0.857. The van der Waals surface area contributed by atoms with Gasteiger partial charge < -0.3 is 15.5 Å². The molecule has 1 rings (SSSR count). The second-order valence-corrected chi connectivity index (χ2v) is 5.98. The van der Waals surface area contributed by atoms with Crippen LogP contribution in [0.15, 0.2) is 0 Å². The third-order valence-corrected chi connectivity index (χ3v) is 3.47. The summed E-state index contributed by atoms with van der Waals surface area (Å²) in [5, 5.41) is 6.14. The van der Waals surface area contributed by atoms with Gasteiger partial charge in [-0.1, -0.05) is 13.8 Å². The van der Waals surface area contributed by atoms with Crippen molar-refractivity contribution in [1.29, 1.82) is 0 Å². The van der Waals surface area contributed by atoms with Crippen LogP contribution in [0.25, 0.3) is 0 Å². The lowest BCUT2D eigenvalue weighted by Crippen LogP contribution is -2.47. The van der Waals surface area contributed by atoms with Crippen LogP contribution in [-0.2, 0) is 9.59 Å². The van der Waals surface area contributed by atoms with Crippen LogP contribution in [0.4, 0.5) is 0 Å². The fourth-order valence-corrected chi connectivity index (χ4v) is 2.19. The van der Waals surface area contributed by atoms with E-state index in [-0.39, 0.29) is 24.3 Å². The predicted molar refractivity (Wildman–Crippen MR) is 75.7 cm³/mol.